The predicted molar refractivity (Wildman–Crippen MR) is 355 cm³/mol. The minimum atomic E-state index is 0.00379. The fourth-order valence-electron chi connectivity index (χ4n) is 13.0. The Kier molecular flexibility index (Phi) is 11.4. The minimum Gasteiger partial charge on any atom is -0.455 e. The monoisotopic (exact) mass is 1080 g/mol. The molecule has 0 aliphatic heterocycles. The van der Waals surface area contributed by atoms with E-state index in [1.807, 2.05) is 24.3 Å². The molecule has 84 heavy (non-hydrogen) atoms. The number of furan rings is 2. The summed E-state index contributed by atoms with van der Waals surface area (Å²) >= 11 is 0. The van der Waals surface area contributed by atoms with Gasteiger partial charge in [-0.1, -0.05) is 215 Å². The van der Waals surface area contributed by atoms with Gasteiger partial charge >= 0.3 is 0 Å². The summed E-state index contributed by atoms with van der Waals surface area (Å²) in [5.41, 5.74) is 20.5. The minimum absolute atomic E-state index is 0.00379. The number of hydrogen-bond donors (Lipinski definition) is 0. The van der Waals surface area contributed by atoms with Crippen molar-refractivity contribution in [2.75, 3.05) is 9.80 Å². The first-order chi connectivity index (χ1) is 41.3. The van der Waals surface area contributed by atoms with Crippen molar-refractivity contribution in [1.29, 1.82) is 0 Å². The second-order valence-corrected chi connectivity index (χ2v) is 23.2. The average molecular weight is 1080 g/mol. The zero-order chi connectivity index (χ0) is 56.0. The summed E-state index contributed by atoms with van der Waals surface area (Å²) in [6.07, 6.45) is 0. The Morgan fingerprint density at radius 1 is 0.262 bits per heavy atom. The maximum Gasteiger partial charge on any atom is 0.143 e. The van der Waals surface area contributed by atoms with Crippen molar-refractivity contribution in [2.45, 2.75) is 26.2 Å². The highest BCUT2D eigenvalue weighted by molar-refractivity contribution is 6.28. The maximum absolute atomic E-state index is 6.47. The van der Waals surface area contributed by atoms with Gasteiger partial charge < -0.3 is 18.6 Å². The van der Waals surface area contributed by atoms with Crippen LogP contribution in [0.15, 0.2) is 294 Å². The normalized spacial score (nSPS) is 12.0. The second-order valence-electron chi connectivity index (χ2n) is 23.2. The van der Waals surface area contributed by atoms with E-state index in [9.17, 15) is 0 Å². The van der Waals surface area contributed by atoms with E-state index in [1.165, 1.54) is 49.0 Å². The van der Waals surface area contributed by atoms with Gasteiger partial charge in [0.15, 0.2) is 0 Å². The van der Waals surface area contributed by atoms with Crippen molar-refractivity contribution in [3.05, 3.63) is 291 Å². The predicted octanol–water partition coefficient (Wildman–Crippen LogP) is 23.3. The quantitative estimate of drug-likeness (QED) is 0.128. The van der Waals surface area contributed by atoms with Crippen molar-refractivity contribution >= 4 is 110 Å². The Hall–Kier alpha value is -10.7. The van der Waals surface area contributed by atoms with Crippen LogP contribution in [0.3, 0.4) is 0 Å². The van der Waals surface area contributed by atoms with Crippen LogP contribution in [0.25, 0.3) is 121 Å². The van der Waals surface area contributed by atoms with Crippen LogP contribution in [0.1, 0.15) is 26.3 Å². The molecule has 398 valence electrons. The maximum atomic E-state index is 6.47. The molecule has 0 N–H and O–H groups in total. The van der Waals surface area contributed by atoms with E-state index in [0.29, 0.717) is 0 Å². The van der Waals surface area contributed by atoms with E-state index in [0.717, 1.165) is 111 Å². The van der Waals surface area contributed by atoms with Gasteiger partial charge in [-0.2, -0.15) is 0 Å². The van der Waals surface area contributed by atoms with Gasteiger partial charge in [0, 0.05) is 66.8 Å². The molecule has 2 aromatic heterocycles. The first kappa shape index (κ1) is 49.2. The van der Waals surface area contributed by atoms with Crippen molar-refractivity contribution in [1.82, 2.24) is 0 Å². The Bertz CT molecular complexity index is 4820. The number of anilines is 6. The molecule has 0 spiro atoms. The molecule has 0 amide bonds. The fourth-order valence-corrected chi connectivity index (χ4v) is 13.0. The Labute approximate surface area is 487 Å². The zero-order valence-electron chi connectivity index (χ0n) is 46.8. The molecule has 0 fully saturated rings. The third-order valence-electron chi connectivity index (χ3n) is 17.2. The Balaban J connectivity index is 0.790. The van der Waals surface area contributed by atoms with Crippen LogP contribution in [0, 0.1) is 0 Å². The van der Waals surface area contributed by atoms with Crippen LogP contribution in [0.5, 0.6) is 0 Å². The lowest BCUT2D eigenvalue weighted by molar-refractivity contribution is 0.591. The fraction of sp³-hybridized carbons (Fsp3) is 0.0500. The van der Waals surface area contributed by atoms with Crippen molar-refractivity contribution in [3.63, 3.8) is 0 Å². The van der Waals surface area contributed by atoms with Crippen LogP contribution in [-0.4, -0.2) is 0 Å². The first-order valence-electron chi connectivity index (χ1n) is 29.0. The molecule has 4 nitrogen and oxygen atoms in total. The van der Waals surface area contributed by atoms with Gasteiger partial charge in [-0.3, -0.25) is 0 Å². The molecule has 16 rings (SSSR count). The molecule has 0 saturated carbocycles. The molecule has 14 aromatic carbocycles. The summed E-state index contributed by atoms with van der Waals surface area (Å²) in [4.78, 5) is 4.68. The highest BCUT2D eigenvalue weighted by Gasteiger charge is 2.23. The van der Waals surface area contributed by atoms with Crippen molar-refractivity contribution < 1.29 is 8.83 Å². The molecule has 0 bridgehead atoms. The lowest BCUT2D eigenvalue weighted by atomic mass is 9.81. The average Bonchev–Trinajstić information content (AvgIpc) is 1.45. The van der Waals surface area contributed by atoms with E-state index in [2.05, 4.69) is 291 Å². The Morgan fingerprint density at radius 2 is 0.607 bits per heavy atom. The Morgan fingerprint density at radius 3 is 1.00 bits per heavy atom. The van der Waals surface area contributed by atoms with Gasteiger partial charge in [0.25, 0.3) is 0 Å². The van der Waals surface area contributed by atoms with Gasteiger partial charge in [-0.15, -0.1) is 0 Å². The van der Waals surface area contributed by atoms with Gasteiger partial charge in [0.2, 0.25) is 0 Å². The summed E-state index contributed by atoms with van der Waals surface area (Å²) in [5, 5.41) is 12.1. The van der Waals surface area contributed by atoms with E-state index in [-0.39, 0.29) is 5.41 Å². The summed E-state index contributed by atoms with van der Waals surface area (Å²) in [6.45, 7) is 6.92. The SMILES string of the molecule is CC(C)(C)c1cc2ccc3c(-c4ccc(N(c5ccccc5)c5ccc(-c6cccc7c6oc6ccccc67)cc5)cc4)cc(-c4ccc(N(c5ccccc5)c5ccc(-c6cccc7c6oc6ccccc67)cc5)cc4)c4ccc(c1)c2c34. The molecule has 2 heterocycles. The zero-order valence-corrected chi connectivity index (χ0v) is 46.8. The molecule has 0 atom stereocenters. The van der Waals surface area contributed by atoms with E-state index >= 15 is 0 Å². The van der Waals surface area contributed by atoms with Gasteiger partial charge in [0.05, 0.1) is 0 Å². The molecule has 0 unspecified atom stereocenters. The number of nitrogens with zero attached hydrogens (tertiary/aromatic N) is 2. The molecule has 16 aromatic rings. The number of hydrogen-bond acceptors (Lipinski definition) is 4. The summed E-state index contributed by atoms with van der Waals surface area (Å²) < 4.78 is 12.9. The lowest BCUT2D eigenvalue weighted by Gasteiger charge is -2.26. The number of para-hydroxylation sites is 6. The molecule has 0 radical (unpaired) electrons. The third-order valence-corrected chi connectivity index (χ3v) is 17.2. The lowest BCUT2D eigenvalue weighted by Crippen LogP contribution is -2.10. The number of benzene rings is 14. The van der Waals surface area contributed by atoms with Crippen molar-refractivity contribution in [2.24, 2.45) is 0 Å². The summed E-state index contributed by atoms with van der Waals surface area (Å²) in [7, 11) is 0. The molecule has 0 saturated heterocycles. The smallest absolute Gasteiger partial charge is 0.143 e. The third kappa shape index (κ3) is 8.21. The highest BCUT2D eigenvalue weighted by atomic mass is 16.3. The van der Waals surface area contributed by atoms with Gasteiger partial charge in [-0.25, -0.2) is 0 Å². The summed E-state index contributed by atoms with van der Waals surface area (Å²) in [6, 6.07) is 103. The molecule has 4 heteroatoms. The largest absolute Gasteiger partial charge is 0.455 e. The molecular weight excluding hydrogens is 1020 g/mol. The molecular formula is C80H56N2O2. The van der Waals surface area contributed by atoms with Crippen LogP contribution in [0.4, 0.5) is 34.1 Å². The van der Waals surface area contributed by atoms with Gasteiger partial charge in [-0.05, 0) is 168 Å². The first-order valence-corrected chi connectivity index (χ1v) is 29.0. The van der Waals surface area contributed by atoms with E-state index in [1.54, 1.807) is 0 Å². The number of rotatable bonds is 10. The van der Waals surface area contributed by atoms with E-state index in [4.69, 9.17) is 8.83 Å². The van der Waals surface area contributed by atoms with Crippen LogP contribution < -0.4 is 9.80 Å². The summed E-state index contributed by atoms with van der Waals surface area (Å²) in [5.74, 6) is 0. The topological polar surface area (TPSA) is 32.8 Å². The molecule has 0 aliphatic carbocycles. The standard InChI is InChI=1S/C80H56N2O2/c1-80(2,3)57-48-55-36-46-68-72(53-32-42-62(43-33-53)81(58-16-6-4-7-17-58)60-38-28-51(29-39-60)64-22-14-24-70-66-20-10-12-26-74(66)83-78(64)70)50-73(69-47-37-56(49-57)76(55)77(68)69)54-34-44-63(45-35-54)82(59-18-8-5-9-19-59)61-40-30-52(31-41-61)65-23-15-25-71-67-21-11-13-27-75(67)84-79(65)71/h4-50H,1-3H3. The van der Waals surface area contributed by atoms with Crippen molar-refractivity contribution in [3.8, 4) is 44.5 Å². The molecule has 0 aliphatic rings. The van der Waals surface area contributed by atoms with Crippen LogP contribution >= 0.6 is 0 Å². The van der Waals surface area contributed by atoms with E-state index < -0.39 is 0 Å². The number of fused-ring (bicyclic) bond motifs is 6. The van der Waals surface area contributed by atoms with Crippen LogP contribution in [-0.2, 0) is 5.41 Å². The van der Waals surface area contributed by atoms with Crippen LogP contribution in [0.2, 0.25) is 0 Å². The second kappa shape index (κ2) is 19.5. The van der Waals surface area contributed by atoms with Gasteiger partial charge in [0.1, 0.15) is 22.3 Å². The highest BCUT2D eigenvalue weighted by Crippen LogP contribution is 2.48.